The largest absolute Gasteiger partial charge is 0.707 e. The van der Waals surface area contributed by atoms with Crippen LogP contribution in [0.3, 0.4) is 0 Å². The molecule has 0 fully saturated rings. The molecule has 1 aromatic carbocycles. The van der Waals surface area contributed by atoms with Gasteiger partial charge in [0.05, 0.1) is 11.6 Å². The van der Waals surface area contributed by atoms with Crippen molar-refractivity contribution in [3.05, 3.63) is 29.3 Å². The van der Waals surface area contributed by atoms with E-state index < -0.39 is 7.32 Å². The van der Waals surface area contributed by atoms with E-state index in [4.69, 9.17) is 15.3 Å². The van der Waals surface area contributed by atoms with Crippen LogP contribution in [0.1, 0.15) is 11.1 Å². The second-order valence-electron chi connectivity index (χ2n) is 2.54. The first kappa shape index (κ1) is 9.58. The average Bonchev–Trinajstić information content (AvgIpc) is 2.08. The molecule has 0 bridgehead atoms. The maximum Gasteiger partial charge on any atom is 0.707 e. The summed E-state index contributed by atoms with van der Waals surface area (Å²) in [5, 5.41) is 25.6. The van der Waals surface area contributed by atoms with Gasteiger partial charge in [-0.25, -0.2) is 0 Å². The highest BCUT2D eigenvalue weighted by Crippen LogP contribution is 2.18. The molecule has 4 nitrogen and oxygen atoms in total. The van der Waals surface area contributed by atoms with Crippen LogP contribution in [0.15, 0.2) is 18.2 Å². The Bertz CT molecular complexity index is 346. The van der Waals surface area contributed by atoms with Gasteiger partial charge < -0.3 is 14.7 Å². The van der Waals surface area contributed by atoms with Crippen LogP contribution in [0.25, 0.3) is 0 Å². The fraction of sp³-hybridized carbons (Fsp3) is 0.125. The van der Waals surface area contributed by atoms with E-state index in [0.29, 0.717) is 16.9 Å². The first-order valence-electron chi connectivity index (χ1n) is 3.67. The first-order chi connectivity index (χ1) is 6.13. The van der Waals surface area contributed by atoms with Gasteiger partial charge in [-0.05, 0) is 30.7 Å². The number of nitrogens with zero attached hydrogens (tertiary/aromatic N) is 1. The standard InChI is InChI=1S/C8H8BNO3/c1-6-4-7(5-10)2-3-8(6)13-9(11)12/h2-4,11-12H,1H3. The zero-order valence-corrected chi connectivity index (χ0v) is 7.06. The van der Waals surface area contributed by atoms with Crippen molar-refractivity contribution in [1.82, 2.24) is 0 Å². The Balaban J connectivity index is 2.93. The molecular formula is C8H8BNO3. The summed E-state index contributed by atoms with van der Waals surface area (Å²) in [5.74, 6) is 0.356. The molecule has 0 unspecified atom stereocenters. The normalized spacial score (nSPS) is 9.08. The topological polar surface area (TPSA) is 73.5 Å². The van der Waals surface area contributed by atoms with E-state index in [2.05, 4.69) is 4.65 Å². The Morgan fingerprint density at radius 3 is 2.62 bits per heavy atom. The third kappa shape index (κ3) is 2.47. The molecule has 0 amide bonds. The van der Waals surface area contributed by atoms with Crippen LogP contribution in [-0.2, 0) is 0 Å². The number of benzene rings is 1. The lowest BCUT2D eigenvalue weighted by Gasteiger charge is -2.07. The molecule has 0 radical (unpaired) electrons. The molecule has 66 valence electrons. The summed E-state index contributed by atoms with van der Waals surface area (Å²) < 4.78 is 4.65. The highest BCUT2D eigenvalue weighted by molar-refractivity contribution is 6.33. The van der Waals surface area contributed by atoms with Gasteiger partial charge in [0.25, 0.3) is 0 Å². The number of hydrogen-bond acceptors (Lipinski definition) is 4. The molecular weight excluding hydrogens is 169 g/mol. The van der Waals surface area contributed by atoms with Gasteiger partial charge >= 0.3 is 7.32 Å². The van der Waals surface area contributed by atoms with Crippen molar-refractivity contribution < 1.29 is 14.7 Å². The van der Waals surface area contributed by atoms with Gasteiger partial charge in [0.1, 0.15) is 5.75 Å². The second kappa shape index (κ2) is 3.94. The number of nitriles is 1. The van der Waals surface area contributed by atoms with E-state index >= 15 is 0 Å². The molecule has 0 atom stereocenters. The van der Waals surface area contributed by atoms with Crippen molar-refractivity contribution in [3.63, 3.8) is 0 Å². The van der Waals surface area contributed by atoms with Crippen molar-refractivity contribution in [3.8, 4) is 11.8 Å². The van der Waals surface area contributed by atoms with Crippen molar-refractivity contribution >= 4 is 7.32 Å². The lowest BCUT2D eigenvalue weighted by molar-refractivity contribution is 0.287. The lowest BCUT2D eigenvalue weighted by atomic mass is 10.1. The molecule has 13 heavy (non-hydrogen) atoms. The van der Waals surface area contributed by atoms with Gasteiger partial charge in [0.15, 0.2) is 0 Å². The van der Waals surface area contributed by atoms with Gasteiger partial charge in [-0.1, -0.05) is 0 Å². The smallest absolute Gasteiger partial charge is 0.512 e. The highest BCUT2D eigenvalue weighted by atomic mass is 16.6. The van der Waals surface area contributed by atoms with Crippen LogP contribution in [-0.4, -0.2) is 17.4 Å². The molecule has 0 aromatic heterocycles. The molecule has 5 heteroatoms. The molecule has 1 rings (SSSR count). The highest BCUT2D eigenvalue weighted by Gasteiger charge is 2.12. The second-order valence-corrected chi connectivity index (χ2v) is 2.54. The maximum absolute atomic E-state index is 8.55. The van der Waals surface area contributed by atoms with E-state index in [1.54, 1.807) is 19.1 Å². The number of rotatable bonds is 2. The van der Waals surface area contributed by atoms with Crippen LogP contribution in [0.2, 0.25) is 0 Å². The van der Waals surface area contributed by atoms with Crippen molar-refractivity contribution in [2.75, 3.05) is 0 Å². The van der Waals surface area contributed by atoms with E-state index in [-0.39, 0.29) is 0 Å². The summed E-state index contributed by atoms with van der Waals surface area (Å²) in [5.41, 5.74) is 1.20. The van der Waals surface area contributed by atoms with Crippen LogP contribution in [0.4, 0.5) is 0 Å². The molecule has 0 aliphatic rings. The maximum atomic E-state index is 8.55. The zero-order valence-electron chi connectivity index (χ0n) is 7.06. The molecule has 0 saturated carbocycles. The van der Waals surface area contributed by atoms with Gasteiger partial charge in [-0.3, -0.25) is 0 Å². The Kier molecular flexibility index (Phi) is 2.90. The van der Waals surface area contributed by atoms with E-state index in [0.717, 1.165) is 0 Å². The summed E-state index contributed by atoms with van der Waals surface area (Å²) in [6, 6.07) is 6.64. The SMILES string of the molecule is Cc1cc(C#N)ccc1OB(O)O. The van der Waals surface area contributed by atoms with E-state index in [1.165, 1.54) is 6.07 Å². The molecule has 0 aliphatic carbocycles. The minimum atomic E-state index is -1.83. The Hall–Kier alpha value is -1.51. The van der Waals surface area contributed by atoms with Crippen LogP contribution >= 0.6 is 0 Å². The van der Waals surface area contributed by atoms with Gasteiger partial charge in [-0.2, -0.15) is 5.26 Å². The number of hydrogen-bond donors (Lipinski definition) is 2. The predicted molar refractivity (Wildman–Crippen MR) is 46.7 cm³/mol. The van der Waals surface area contributed by atoms with Crippen molar-refractivity contribution in [1.29, 1.82) is 5.26 Å². The molecule has 0 aliphatic heterocycles. The number of aryl methyl sites for hydroxylation is 1. The van der Waals surface area contributed by atoms with Crippen LogP contribution in [0.5, 0.6) is 5.75 Å². The van der Waals surface area contributed by atoms with Gasteiger partial charge in [0.2, 0.25) is 0 Å². The molecule has 0 saturated heterocycles. The summed E-state index contributed by atoms with van der Waals surface area (Å²) in [6.07, 6.45) is 0. The average molecular weight is 177 g/mol. The summed E-state index contributed by atoms with van der Waals surface area (Å²) >= 11 is 0. The Morgan fingerprint density at radius 2 is 2.15 bits per heavy atom. The third-order valence-electron chi connectivity index (χ3n) is 1.54. The Morgan fingerprint density at radius 1 is 1.46 bits per heavy atom. The molecule has 1 aromatic rings. The van der Waals surface area contributed by atoms with Crippen molar-refractivity contribution in [2.24, 2.45) is 0 Å². The fourth-order valence-electron chi connectivity index (χ4n) is 0.965. The van der Waals surface area contributed by atoms with E-state index in [9.17, 15) is 0 Å². The van der Waals surface area contributed by atoms with Gasteiger partial charge in [0, 0.05) is 0 Å². The summed E-state index contributed by atoms with van der Waals surface area (Å²) in [6.45, 7) is 1.72. The summed E-state index contributed by atoms with van der Waals surface area (Å²) in [7, 11) is -1.83. The van der Waals surface area contributed by atoms with Crippen LogP contribution in [0, 0.1) is 18.3 Å². The molecule has 0 heterocycles. The minimum Gasteiger partial charge on any atom is -0.512 e. The molecule has 2 N–H and O–H groups in total. The minimum absolute atomic E-state index is 0.356. The van der Waals surface area contributed by atoms with Crippen LogP contribution < -0.4 is 4.65 Å². The Labute approximate surface area is 76.2 Å². The quantitative estimate of drug-likeness (QED) is 0.633. The lowest BCUT2D eigenvalue weighted by Crippen LogP contribution is -2.21. The van der Waals surface area contributed by atoms with Crippen molar-refractivity contribution in [2.45, 2.75) is 6.92 Å². The fourth-order valence-corrected chi connectivity index (χ4v) is 0.965. The molecule has 0 spiro atoms. The van der Waals surface area contributed by atoms with E-state index in [1.807, 2.05) is 6.07 Å². The zero-order chi connectivity index (χ0) is 9.84. The first-order valence-corrected chi connectivity index (χ1v) is 3.67. The summed E-state index contributed by atoms with van der Waals surface area (Å²) in [4.78, 5) is 0. The third-order valence-corrected chi connectivity index (χ3v) is 1.54. The monoisotopic (exact) mass is 177 g/mol. The predicted octanol–water partition coefficient (Wildman–Crippen LogP) is 0.215. The van der Waals surface area contributed by atoms with Gasteiger partial charge in [-0.15, -0.1) is 0 Å².